The molecule has 5 heteroatoms. The third kappa shape index (κ3) is 2.64. The number of carbonyl (C=O) groups is 1. The molecule has 4 N–H and O–H groups in total. The molecule has 0 aliphatic carbocycles. The Bertz CT molecular complexity index is 436. The number of nitrogens with zero attached hydrogens (tertiary/aromatic N) is 1. The Labute approximate surface area is 94.2 Å². The van der Waals surface area contributed by atoms with Crippen LogP contribution in [0.5, 0.6) is 0 Å². The Morgan fingerprint density at radius 1 is 1.56 bits per heavy atom. The highest BCUT2D eigenvalue weighted by Gasteiger charge is 2.11. The van der Waals surface area contributed by atoms with E-state index in [2.05, 4.69) is 10.6 Å². The number of nitrogens with one attached hydrogen (secondary N) is 2. The van der Waals surface area contributed by atoms with E-state index in [1.165, 1.54) is 0 Å². The normalized spacial score (nSPS) is 11.3. The second kappa shape index (κ2) is 5.03. The van der Waals surface area contributed by atoms with Gasteiger partial charge in [-0.3, -0.25) is 4.79 Å². The number of amides is 1. The minimum Gasteiger partial charge on any atom is -0.397 e. The maximum absolute atomic E-state index is 11.3. The Kier molecular flexibility index (Phi) is 3.72. The lowest BCUT2D eigenvalue weighted by atomic mass is 10.1. The fraction of sp³-hybridized carbons (Fsp3) is 0.273. The maximum Gasteiger partial charge on any atom is 0.241 e. The van der Waals surface area contributed by atoms with E-state index < -0.39 is 6.04 Å². The van der Waals surface area contributed by atoms with Gasteiger partial charge in [0.05, 0.1) is 23.0 Å². The van der Waals surface area contributed by atoms with Crippen molar-refractivity contribution >= 4 is 17.3 Å². The number of anilines is 2. The molecule has 1 atom stereocenters. The van der Waals surface area contributed by atoms with Crippen molar-refractivity contribution in [2.24, 2.45) is 0 Å². The molecule has 0 aromatic heterocycles. The predicted octanol–water partition coefficient (Wildman–Crippen LogP) is 0.687. The zero-order chi connectivity index (χ0) is 12.1. The number of carbonyl (C=O) groups excluding carboxylic acids is 1. The van der Waals surface area contributed by atoms with Gasteiger partial charge in [0.25, 0.3) is 0 Å². The largest absolute Gasteiger partial charge is 0.397 e. The summed E-state index contributed by atoms with van der Waals surface area (Å²) in [5.74, 6) is -0.137. The molecule has 0 aliphatic rings. The summed E-state index contributed by atoms with van der Waals surface area (Å²) in [5, 5.41) is 14.2. The van der Waals surface area contributed by atoms with E-state index in [0.29, 0.717) is 16.9 Å². The average Bonchev–Trinajstić information content (AvgIpc) is 2.30. The molecule has 1 aromatic carbocycles. The molecular weight excluding hydrogens is 204 g/mol. The zero-order valence-corrected chi connectivity index (χ0v) is 9.24. The Balaban J connectivity index is 2.88. The van der Waals surface area contributed by atoms with Gasteiger partial charge < -0.3 is 16.4 Å². The van der Waals surface area contributed by atoms with E-state index in [-0.39, 0.29) is 5.91 Å². The number of nitrogens with two attached hydrogens (primary N) is 1. The van der Waals surface area contributed by atoms with Crippen LogP contribution < -0.4 is 16.4 Å². The molecule has 0 spiro atoms. The molecule has 1 amide bonds. The molecule has 1 rings (SSSR count). The van der Waals surface area contributed by atoms with Crippen molar-refractivity contribution in [3.63, 3.8) is 0 Å². The maximum atomic E-state index is 11.3. The summed E-state index contributed by atoms with van der Waals surface area (Å²) >= 11 is 0. The molecule has 0 heterocycles. The van der Waals surface area contributed by atoms with Gasteiger partial charge in [0, 0.05) is 7.05 Å². The van der Waals surface area contributed by atoms with E-state index in [4.69, 9.17) is 11.0 Å². The van der Waals surface area contributed by atoms with E-state index in [9.17, 15) is 4.79 Å². The number of nitriles is 1. The number of hydrogen-bond acceptors (Lipinski definition) is 4. The minimum absolute atomic E-state index is 0.137. The number of hydrogen-bond donors (Lipinski definition) is 3. The second-order valence-corrected chi connectivity index (χ2v) is 3.39. The van der Waals surface area contributed by atoms with Gasteiger partial charge in [0.2, 0.25) is 5.91 Å². The number of nitrogen functional groups attached to an aromatic ring is 1. The van der Waals surface area contributed by atoms with Crippen molar-refractivity contribution in [1.82, 2.24) is 5.32 Å². The van der Waals surface area contributed by atoms with E-state index in [0.717, 1.165) is 0 Å². The van der Waals surface area contributed by atoms with Crippen LogP contribution in [0.3, 0.4) is 0 Å². The Hall–Kier alpha value is -2.22. The van der Waals surface area contributed by atoms with Gasteiger partial charge in [0.1, 0.15) is 6.04 Å². The number of likely N-dealkylation sites (N-methyl/N-ethyl adjacent to an activating group) is 1. The summed E-state index contributed by atoms with van der Waals surface area (Å²) in [6, 6.07) is 6.50. The third-order valence-corrected chi connectivity index (χ3v) is 2.19. The fourth-order valence-electron chi connectivity index (χ4n) is 1.27. The summed E-state index contributed by atoms with van der Waals surface area (Å²) in [7, 11) is 1.57. The third-order valence-electron chi connectivity index (χ3n) is 2.19. The van der Waals surface area contributed by atoms with Gasteiger partial charge in [-0.15, -0.1) is 0 Å². The molecule has 0 radical (unpaired) electrons. The van der Waals surface area contributed by atoms with E-state index in [1.807, 2.05) is 6.07 Å². The van der Waals surface area contributed by atoms with Crippen LogP contribution in [-0.2, 0) is 4.79 Å². The molecule has 1 aromatic rings. The summed E-state index contributed by atoms with van der Waals surface area (Å²) in [4.78, 5) is 11.3. The van der Waals surface area contributed by atoms with Gasteiger partial charge in [-0.1, -0.05) is 0 Å². The first-order valence-electron chi connectivity index (χ1n) is 4.86. The second-order valence-electron chi connectivity index (χ2n) is 3.39. The van der Waals surface area contributed by atoms with Crippen molar-refractivity contribution in [3.05, 3.63) is 23.8 Å². The molecule has 1 unspecified atom stereocenters. The smallest absolute Gasteiger partial charge is 0.241 e. The molecule has 16 heavy (non-hydrogen) atoms. The van der Waals surface area contributed by atoms with Gasteiger partial charge in [-0.05, 0) is 25.1 Å². The summed E-state index contributed by atoms with van der Waals surface area (Å²) in [5.41, 5.74) is 7.33. The molecule has 0 saturated carbocycles. The standard InChI is InChI=1S/C11H14N4O/c1-7(11(16)14-2)15-10-5-8(6-12)3-4-9(10)13/h3-5,7,15H,13H2,1-2H3,(H,14,16). The number of benzene rings is 1. The average molecular weight is 218 g/mol. The highest BCUT2D eigenvalue weighted by Crippen LogP contribution is 2.20. The van der Waals surface area contributed by atoms with Gasteiger partial charge in [-0.2, -0.15) is 5.26 Å². The van der Waals surface area contributed by atoms with Crippen LogP contribution in [0.1, 0.15) is 12.5 Å². The van der Waals surface area contributed by atoms with Crippen LogP contribution in [0.4, 0.5) is 11.4 Å². The van der Waals surface area contributed by atoms with Crippen molar-refractivity contribution in [2.45, 2.75) is 13.0 Å². The Morgan fingerprint density at radius 2 is 2.25 bits per heavy atom. The molecule has 0 bridgehead atoms. The van der Waals surface area contributed by atoms with E-state index >= 15 is 0 Å². The first-order valence-corrected chi connectivity index (χ1v) is 4.86. The fourth-order valence-corrected chi connectivity index (χ4v) is 1.27. The zero-order valence-electron chi connectivity index (χ0n) is 9.24. The summed E-state index contributed by atoms with van der Waals surface area (Å²) < 4.78 is 0. The van der Waals surface area contributed by atoms with Crippen molar-refractivity contribution < 1.29 is 4.79 Å². The monoisotopic (exact) mass is 218 g/mol. The summed E-state index contributed by atoms with van der Waals surface area (Å²) in [6.45, 7) is 1.72. The lowest BCUT2D eigenvalue weighted by Crippen LogP contribution is -2.35. The topological polar surface area (TPSA) is 90.9 Å². The highest BCUT2D eigenvalue weighted by atomic mass is 16.2. The quantitative estimate of drug-likeness (QED) is 0.651. The lowest BCUT2D eigenvalue weighted by Gasteiger charge is -2.15. The van der Waals surface area contributed by atoms with Crippen molar-refractivity contribution in [2.75, 3.05) is 18.1 Å². The molecule has 0 fully saturated rings. The first-order chi connectivity index (χ1) is 7.58. The van der Waals surface area contributed by atoms with Gasteiger partial charge in [0.15, 0.2) is 0 Å². The van der Waals surface area contributed by atoms with E-state index in [1.54, 1.807) is 32.2 Å². The molecule has 0 saturated heterocycles. The number of rotatable bonds is 3. The van der Waals surface area contributed by atoms with Crippen LogP contribution in [0.15, 0.2) is 18.2 Å². The van der Waals surface area contributed by atoms with Crippen LogP contribution in [0.25, 0.3) is 0 Å². The molecular formula is C11H14N4O. The van der Waals surface area contributed by atoms with Crippen molar-refractivity contribution in [1.29, 1.82) is 5.26 Å². The van der Waals surface area contributed by atoms with Crippen molar-refractivity contribution in [3.8, 4) is 6.07 Å². The SMILES string of the molecule is CNC(=O)C(C)Nc1cc(C#N)ccc1N. The lowest BCUT2D eigenvalue weighted by molar-refractivity contribution is -0.121. The predicted molar refractivity (Wildman–Crippen MR) is 62.7 cm³/mol. The summed E-state index contributed by atoms with van der Waals surface area (Å²) in [6.07, 6.45) is 0. The first kappa shape index (κ1) is 11.9. The Morgan fingerprint density at radius 3 is 2.81 bits per heavy atom. The highest BCUT2D eigenvalue weighted by molar-refractivity contribution is 5.85. The van der Waals surface area contributed by atoms with Gasteiger partial charge >= 0.3 is 0 Å². The molecule has 84 valence electrons. The van der Waals surface area contributed by atoms with Gasteiger partial charge in [-0.25, -0.2) is 0 Å². The van der Waals surface area contributed by atoms with Crippen LogP contribution in [0.2, 0.25) is 0 Å². The van der Waals surface area contributed by atoms with Crippen LogP contribution in [-0.4, -0.2) is 19.0 Å². The van der Waals surface area contributed by atoms with Crippen LogP contribution in [0, 0.1) is 11.3 Å². The molecule has 0 aliphatic heterocycles. The van der Waals surface area contributed by atoms with Crippen LogP contribution >= 0.6 is 0 Å². The minimum atomic E-state index is -0.402. The molecule has 5 nitrogen and oxygen atoms in total.